The number of nitrogens with one attached hydrogen (secondary N) is 1. The molecule has 33 heavy (non-hydrogen) atoms. The average Bonchev–Trinajstić information content (AvgIpc) is 3.35. The van der Waals surface area contributed by atoms with Crippen LogP contribution in [-0.4, -0.2) is 65.1 Å². The van der Waals surface area contributed by atoms with Gasteiger partial charge >= 0.3 is 0 Å². The van der Waals surface area contributed by atoms with Gasteiger partial charge in [0.25, 0.3) is 11.8 Å². The van der Waals surface area contributed by atoms with Crippen LogP contribution in [0.4, 0.5) is 0 Å². The molecule has 0 radical (unpaired) electrons. The zero-order chi connectivity index (χ0) is 22.6. The summed E-state index contributed by atoms with van der Waals surface area (Å²) in [6.45, 7) is 2.98. The van der Waals surface area contributed by atoms with Gasteiger partial charge in [0, 0.05) is 43.8 Å². The number of imidazole rings is 1. The normalized spacial score (nSPS) is 18.7. The molecule has 1 unspecified atom stereocenters. The van der Waals surface area contributed by atoms with E-state index in [-0.39, 0.29) is 11.8 Å². The molecule has 4 heterocycles. The molecule has 1 saturated heterocycles. The Labute approximate surface area is 191 Å². The number of hydrogen-bond donors (Lipinski definition) is 1. The summed E-state index contributed by atoms with van der Waals surface area (Å²) in [5.41, 5.74) is 4.75. The number of fused-ring (bicyclic) bond motifs is 1. The van der Waals surface area contributed by atoms with Gasteiger partial charge < -0.3 is 24.1 Å². The van der Waals surface area contributed by atoms with Crippen LogP contribution in [0.3, 0.4) is 0 Å². The van der Waals surface area contributed by atoms with E-state index in [1.807, 2.05) is 58.1 Å². The van der Waals surface area contributed by atoms with Crippen molar-refractivity contribution in [3.8, 4) is 0 Å². The van der Waals surface area contributed by atoms with Gasteiger partial charge in [0.05, 0.1) is 19.8 Å². The van der Waals surface area contributed by atoms with Crippen molar-refractivity contribution in [3.63, 3.8) is 0 Å². The number of carbonyl (C=O) groups excluding carboxylic acids is 2. The number of hydrogen-bond acceptors (Lipinski definition) is 5. The molecule has 1 aromatic carbocycles. The molecule has 5 rings (SSSR count). The maximum Gasteiger partial charge on any atom is 0.254 e. The summed E-state index contributed by atoms with van der Waals surface area (Å²) < 4.78 is 12.8. The van der Waals surface area contributed by atoms with Crippen molar-refractivity contribution in [2.24, 2.45) is 0 Å². The topological polar surface area (TPSA) is 85.2 Å². The second-order valence-electron chi connectivity index (χ2n) is 8.19. The van der Waals surface area contributed by atoms with E-state index in [2.05, 4.69) is 16.4 Å². The van der Waals surface area contributed by atoms with E-state index in [4.69, 9.17) is 9.47 Å². The molecule has 8 nitrogen and oxygen atoms in total. The van der Waals surface area contributed by atoms with E-state index in [1.54, 1.807) is 6.20 Å². The first-order chi connectivity index (χ1) is 16.2. The Morgan fingerprint density at radius 2 is 2.00 bits per heavy atom. The molecule has 3 aromatic rings. The zero-order valence-electron chi connectivity index (χ0n) is 18.3. The Bertz CT molecular complexity index is 1180. The molecule has 1 N–H and O–H groups in total. The Balaban J connectivity index is 1.16. The van der Waals surface area contributed by atoms with Crippen LogP contribution in [-0.2, 0) is 20.8 Å². The first kappa shape index (κ1) is 21.4. The second kappa shape index (κ2) is 9.56. The third kappa shape index (κ3) is 4.81. The van der Waals surface area contributed by atoms with Gasteiger partial charge in [0.2, 0.25) is 0 Å². The van der Waals surface area contributed by atoms with E-state index in [9.17, 15) is 9.59 Å². The van der Waals surface area contributed by atoms with Crippen LogP contribution in [0, 0.1) is 0 Å². The monoisotopic (exact) mass is 446 g/mol. The van der Waals surface area contributed by atoms with Gasteiger partial charge in [-0.3, -0.25) is 9.59 Å². The quantitative estimate of drug-likeness (QED) is 0.650. The Hall–Kier alpha value is -3.49. The van der Waals surface area contributed by atoms with E-state index in [0.29, 0.717) is 45.0 Å². The molecule has 2 aliphatic heterocycles. The molecule has 0 bridgehead atoms. The minimum atomic E-state index is -0.492. The molecule has 8 heteroatoms. The number of nitrogens with zero attached hydrogens (tertiary/aromatic N) is 3. The summed E-state index contributed by atoms with van der Waals surface area (Å²) >= 11 is 0. The SMILES string of the molecule is O=C(NCc1ccc2nccn2c1)c1ccc(C2=CCN(C(=O)C3COCCO3)CC2)cc1. The van der Waals surface area contributed by atoms with Crippen molar-refractivity contribution < 1.29 is 19.1 Å². The number of carbonyl (C=O) groups is 2. The molecule has 2 amide bonds. The molecule has 0 saturated carbocycles. The summed E-state index contributed by atoms with van der Waals surface area (Å²) in [5.74, 6) is -0.124. The van der Waals surface area contributed by atoms with Crippen LogP contribution in [0.1, 0.15) is 27.9 Å². The first-order valence-electron chi connectivity index (χ1n) is 11.1. The molecular weight excluding hydrogens is 420 g/mol. The van der Waals surface area contributed by atoms with E-state index >= 15 is 0 Å². The second-order valence-corrected chi connectivity index (χ2v) is 8.19. The number of aromatic nitrogens is 2. The highest BCUT2D eigenvalue weighted by Crippen LogP contribution is 2.23. The summed E-state index contributed by atoms with van der Waals surface area (Å²) in [6.07, 6.45) is 7.94. The minimum absolute atomic E-state index is 0.00999. The summed E-state index contributed by atoms with van der Waals surface area (Å²) in [6, 6.07) is 11.5. The highest BCUT2D eigenvalue weighted by atomic mass is 16.6. The van der Waals surface area contributed by atoms with Crippen LogP contribution in [0.2, 0.25) is 0 Å². The van der Waals surface area contributed by atoms with Gasteiger partial charge in [0.1, 0.15) is 5.65 Å². The number of amides is 2. The highest BCUT2D eigenvalue weighted by Gasteiger charge is 2.28. The Morgan fingerprint density at radius 1 is 1.12 bits per heavy atom. The number of rotatable bonds is 5. The maximum atomic E-state index is 12.6. The first-order valence-corrected chi connectivity index (χ1v) is 11.1. The third-order valence-electron chi connectivity index (χ3n) is 6.03. The molecule has 1 atom stereocenters. The predicted octanol–water partition coefficient (Wildman–Crippen LogP) is 2.30. The van der Waals surface area contributed by atoms with Gasteiger partial charge in [0.15, 0.2) is 6.10 Å². The fourth-order valence-electron chi connectivity index (χ4n) is 4.16. The molecule has 1 fully saturated rings. The van der Waals surface area contributed by atoms with Crippen molar-refractivity contribution in [1.29, 1.82) is 0 Å². The largest absolute Gasteiger partial charge is 0.376 e. The van der Waals surface area contributed by atoms with Gasteiger partial charge in [-0.2, -0.15) is 0 Å². The zero-order valence-corrected chi connectivity index (χ0v) is 18.3. The Kier molecular flexibility index (Phi) is 6.19. The molecule has 2 aromatic heterocycles. The van der Waals surface area contributed by atoms with Gasteiger partial charge in [-0.1, -0.05) is 24.3 Å². The van der Waals surface area contributed by atoms with Crippen LogP contribution < -0.4 is 5.32 Å². The molecular formula is C25H26N4O4. The Morgan fingerprint density at radius 3 is 2.76 bits per heavy atom. The number of pyridine rings is 1. The van der Waals surface area contributed by atoms with Gasteiger partial charge in [-0.15, -0.1) is 0 Å². The van der Waals surface area contributed by atoms with Crippen molar-refractivity contribution in [3.05, 3.63) is 77.8 Å². The molecule has 2 aliphatic rings. The molecule has 0 aliphatic carbocycles. The maximum absolute atomic E-state index is 12.6. The average molecular weight is 447 g/mol. The van der Waals surface area contributed by atoms with Crippen LogP contribution in [0.5, 0.6) is 0 Å². The van der Waals surface area contributed by atoms with Crippen molar-refractivity contribution in [1.82, 2.24) is 19.6 Å². The van der Waals surface area contributed by atoms with E-state index < -0.39 is 6.10 Å². The third-order valence-corrected chi connectivity index (χ3v) is 6.03. The summed E-state index contributed by atoms with van der Waals surface area (Å²) in [4.78, 5) is 31.2. The standard InChI is InChI=1S/C25H26N4O4/c30-24(27-15-18-1-6-23-26-9-12-29(23)16-18)21-4-2-19(3-5-21)20-7-10-28(11-8-20)25(31)22-17-32-13-14-33-22/h1-7,9,12,16,22H,8,10-11,13-15,17H2,(H,27,30). The van der Waals surface area contributed by atoms with Gasteiger partial charge in [-0.25, -0.2) is 4.98 Å². The highest BCUT2D eigenvalue weighted by molar-refractivity contribution is 5.94. The van der Waals surface area contributed by atoms with Crippen molar-refractivity contribution >= 4 is 23.0 Å². The van der Waals surface area contributed by atoms with Crippen molar-refractivity contribution in [2.45, 2.75) is 19.1 Å². The number of benzene rings is 1. The van der Waals surface area contributed by atoms with Crippen molar-refractivity contribution in [2.75, 3.05) is 32.9 Å². The molecule has 0 spiro atoms. The van der Waals surface area contributed by atoms with E-state index in [0.717, 1.165) is 23.2 Å². The molecule has 170 valence electrons. The van der Waals surface area contributed by atoms with Crippen LogP contribution in [0.15, 0.2) is 61.1 Å². The predicted molar refractivity (Wildman–Crippen MR) is 123 cm³/mol. The van der Waals surface area contributed by atoms with Crippen LogP contribution >= 0.6 is 0 Å². The lowest BCUT2D eigenvalue weighted by molar-refractivity contribution is -0.157. The fourth-order valence-corrected chi connectivity index (χ4v) is 4.16. The van der Waals surface area contributed by atoms with Gasteiger partial charge in [-0.05, 0) is 41.3 Å². The summed E-state index contributed by atoms with van der Waals surface area (Å²) in [5, 5.41) is 2.97. The minimum Gasteiger partial charge on any atom is -0.376 e. The summed E-state index contributed by atoms with van der Waals surface area (Å²) in [7, 11) is 0. The number of ether oxygens (including phenoxy) is 2. The van der Waals surface area contributed by atoms with E-state index in [1.165, 1.54) is 5.57 Å². The lowest BCUT2D eigenvalue weighted by Gasteiger charge is -2.31. The lowest BCUT2D eigenvalue weighted by Crippen LogP contribution is -2.46. The van der Waals surface area contributed by atoms with Crippen LogP contribution in [0.25, 0.3) is 11.2 Å². The smallest absolute Gasteiger partial charge is 0.254 e. The fraction of sp³-hybridized carbons (Fsp3) is 0.320. The lowest BCUT2D eigenvalue weighted by atomic mass is 9.98.